The van der Waals surface area contributed by atoms with Gasteiger partial charge in [0, 0.05) is 10.6 Å². The Labute approximate surface area is 83.2 Å². The van der Waals surface area contributed by atoms with Gasteiger partial charge in [0.15, 0.2) is 0 Å². The van der Waals surface area contributed by atoms with E-state index in [2.05, 4.69) is 0 Å². The third kappa shape index (κ3) is 2.87. The smallest absolute Gasteiger partial charge is 0.560 e. The van der Waals surface area contributed by atoms with Gasteiger partial charge in [0.05, 0.1) is 10.0 Å². The van der Waals surface area contributed by atoms with Crippen molar-refractivity contribution in [2.45, 2.75) is 4.90 Å². The van der Waals surface area contributed by atoms with E-state index in [1.165, 1.54) is 24.3 Å². The summed E-state index contributed by atoms with van der Waals surface area (Å²) < 4.78 is 21.1. The molecule has 12 heavy (non-hydrogen) atoms. The fraction of sp³-hybridized carbons (Fsp3) is 0. The first-order valence-electron chi connectivity index (χ1n) is 2.85. The van der Waals surface area contributed by atoms with Crippen LogP contribution in [0.15, 0.2) is 29.2 Å². The third-order valence-electron chi connectivity index (χ3n) is 1.19. The number of nitrogens with one attached hydrogen (secondary N) is 1. The van der Waals surface area contributed by atoms with Crippen molar-refractivity contribution in [2.75, 3.05) is 5.73 Å². The maximum Gasteiger partial charge on any atom is 1.00 e. The van der Waals surface area contributed by atoms with Gasteiger partial charge in [-0.05, 0) is 24.3 Å². The fourth-order valence-corrected chi connectivity index (χ4v) is 1.14. The molecule has 0 amide bonds. The van der Waals surface area contributed by atoms with E-state index in [4.69, 9.17) is 10.9 Å². The van der Waals surface area contributed by atoms with Gasteiger partial charge >= 0.3 is 18.9 Å². The van der Waals surface area contributed by atoms with Crippen LogP contribution in [0.1, 0.15) is 0 Å². The number of rotatable bonds is 1. The van der Waals surface area contributed by atoms with Crippen molar-refractivity contribution in [3.63, 3.8) is 0 Å². The molecule has 0 radical (unpaired) electrons. The van der Waals surface area contributed by atoms with Crippen molar-refractivity contribution in [2.24, 2.45) is 0 Å². The topological polar surface area (TPSA) is 84.0 Å². The molecule has 1 aromatic carbocycles. The van der Waals surface area contributed by atoms with E-state index >= 15 is 0 Å². The van der Waals surface area contributed by atoms with Gasteiger partial charge in [-0.15, -0.1) is 0 Å². The number of nitrogen functional groups attached to an aromatic ring is 1. The first kappa shape index (κ1) is 11.5. The summed E-state index contributed by atoms with van der Waals surface area (Å²) in [4.78, 5) is -0.0355. The zero-order valence-corrected chi connectivity index (χ0v) is 7.43. The van der Waals surface area contributed by atoms with Crippen LogP contribution in [0.2, 0.25) is 0 Å². The SMILES string of the molecule is [Li+].[NH-]S(=O)(=O)c1ccc(N)cc1. The van der Waals surface area contributed by atoms with E-state index in [9.17, 15) is 8.42 Å². The number of anilines is 1. The molecule has 0 saturated heterocycles. The predicted octanol–water partition coefficient (Wildman–Crippen LogP) is -1.99. The molecule has 0 bridgehead atoms. The Kier molecular flexibility index (Phi) is 3.81. The van der Waals surface area contributed by atoms with Crippen LogP contribution in [0, 0.1) is 0 Å². The number of hydrogen-bond acceptors (Lipinski definition) is 3. The molecule has 4 nitrogen and oxygen atoms in total. The second-order valence-electron chi connectivity index (χ2n) is 2.07. The Morgan fingerprint density at radius 2 is 1.58 bits per heavy atom. The summed E-state index contributed by atoms with van der Waals surface area (Å²) in [5, 5.41) is 6.67. The van der Waals surface area contributed by atoms with Crippen LogP contribution in [-0.2, 0) is 10.0 Å². The number of hydrogen-bond donors (Lipinski definition) is 1. The number of benzene rings is 1. The van der Waals surface area contributed by atoms with Gasteiger partial charge in [0.25, 0.3) is 0 Å². The van der Waals surface area contributed by atoms with Gasteiger partial charge in [-0.25, -0.2) is 8.42 Å². The van der Waals surface area contributed by atoms with Gasteiger partial charge in [-0.3, -0.25) is 0 Å². The van der Waals surface area contributed by atoms with E-state index in [1.54, 1.807) is 0 Å². The fourth-order valence-electron chi connectivity index (χ4n) is 0.647. The standard InChI is InChI=1S/C6H7N2O2S.Li/c7-5-1-3-6(4-2-5)11(8,9)10;/h1-4H,7H2,(H-,8,9,10);/q-1;+1. The molecular weight excluding hydrogens is 171 g/mol. The van der Waals surface area contributed by atoms with E-state index in [0.717, 1.165) is 0 Å². The van der Waals surface area contributed by atoms with Crippen molar-refractivity contribution in [3.05, 3.63) is 29.4 Å². The van der Waals surface area contributed by atoms with Crippen molar-refractivity contribution < 1.29 is 27.3 Å². The summed E-state index contributed by atoms with van der Waals surface area (Å²) in [5.41, 5.74) is 5.80. The monoisotopic (exact) mass is 178 g/mol. The normalized spacial score (nSPS) is 10.4. The maximum absolute atomic E-state index is 10.6. The number of sulfonamides is 1. The summed E-state index contributed by atoms with van der Waals surface area (Å²) in [6, 6.07) is 5.50. The van der Waals surface area contributed by atoms with Crippen molar-refractivity contribution in [1.29, 1.82) is 0 Å². The van der Waals surface area contributed by atoms with Gasteiger partial charge in [0.2, 0.25) is 0 Å². The molecule has 0 unspecified atom stereocenters. The molecule has 1 rings (SSSR count). The maximum atomic E-state index is 10.6. The largest absolute Gasteiger partial charge is 1.00 e. The van der Waals surface area contributed by atoms with Crippen LogP contribution < -0.4 is 24.6 Å². The molecule has 0 aliphatic carbocycles. The molecular formula is C6H7LiN2O2S. The summed E-state index contributed by atoms with van der Waals surface area (Å²) in [7, 11) is -3.83. The van der Waals surface area contributed by atoms with Crippen LogP contribution in [0.4, 0.5) is 5.69 Å². The minimum absolute atomic E-state index is 0. The molecule has 0 saturated carbocycles. The average molecular weight is 178 g/mol. The van der Waals surface area contributed by atoms with Crippen LogP contribution in [-0.4, -0.2) is 8.42 Å². The van der Waals surface area contributed by atoms with Crippen LogP contribution in [0.5, 0.6) is 0 Å². The second kappa shape index (κ2) is 3.96. The minimum Gasteiger partial charge on any atom is -0.560 e. The van der Waals surface area contributed by atoms with E-state index < -0.39 is 10.0 Å². The zero-order chi connectivity index (χ0) is 8.48. The molecule has 0 aliphatic heterocycles. The molecule has 0 aliphatic rings. The third-order valence-corrected chi connectivity index (χ3v) is 2.08. The summed E-state index contributed by atoms with van der Waals surface area (Å²) in [5.74, 6) is 0. The summed E-state index contributed by atoms with van der Waals surface area (Å²) >= 11 is 0. The quantitative estimate of drug-likeness (QED) is 0.399. The molecule has 6 heteroatoms. The molecule has 0 atom stereocenters. The Hall–Kier alpha value is -0.473. The minimum atomic E-state index is -3.83. The first-order valence-corrected chi connectivity index (χ1v) is 4.33. The Morgan fingerprint density at radius 3 is 1.92 bits per heavy atom. The van der Waals surface area contributed by atoms with E-state index in [1.807, 2.05) is 0 Å². The molecule has 0 heterocycles. The Balaban J connectivity index is 0.00000121. The Bertz CT molecular complexity index is 346. The molecule has 0 spiro atoms. The zero-order valence-electron chi connectivity index (χ0n) is 6.61. The van der Waals surface area contributed by atoms with Gasteiger partial charge in [0.1, 0.15) is 0 Å². The number of nitrogens with two attached hydrogens (primary N) is 1. The molecule has 0 aromatic heterocycles. The molecule has 0 fully saturated rings. The van der Waals surface area contributed by atoms with Gasteiger partial charge in [-0.2, -0.15) is 0 Å². The molecule has 60 valence electrons. The molecule has 3 N–H and O–H groups in total. The van der Waals surface area contributed by atoms with Crippen LogP contribution in [0.3, 0.4) is 0 Å². The van der Waals surface area contributed by atoms with Crippen molar-refractivity contribution in [1.82, 2.24) is 0 Å². The van der Waals surface area contributed by atoms with Crippen LogP contribution in [0.25, 0.3) is 5.14 Å². The van der Waals surface area contributed by atoms with E-state index in [-0.39, 0.29) is 23.8 Å². The van der Waals surface area contributed by atoms with Gasteiger partial charge in [-0.1, -0.05) is 0 Å². The van der Waals surface area contributed by atoms with Gasteiger partial charge < -0.3 is 10.9 Å². The summed E-state index contributed by atoms with van der Waals surface area (Å²) in [6.07, 6.45) is 0. The first-order chi connectivity index (χ1) is 5.00. The van der Waals surface area contributed by atoms with Crippen molar-refractivity contribution in [3.8, 4) is 0 Å². The average Bonchev–Trinajstić information content (AvgIpc) is 1.86. The second-order valence-corrected chi connectivity index (χ2v) is 3.55. The van der Waals surface area contributed by atoms with Crippen molar-refractivity contribution >= 4 is 15.7 Å². The predicted molar refractivity (Wildman–Crippen MR) is 42.4 cm³/mol. The summed E-state index contributed by atoms with van der Waals surface area (Å²) in [6.45, 7) is 0. The molecule has 1 aromatic rings. The van der Waals surface area contributed by atoms with E-state index in [0.29, 0.717) is 5.69 Å². The Morgan fingerprint density at radius 1 is 1.17 bits per heavy atom. The van der Waals surface area contributed by atoms with Crippen LogP contribution >= 0.6 is 0 Å².